The van der Waals surface area contributed by atoms with Crippen LogP contribution in [0.25, 0.3) is 0 Å². The Labute approximate surface area is 441 Å². The molecule has 3 rings (SSSR count). The quantitative estimate of drug-likeness (QED) is 0.0239. The number of carbonyl (C=O) groups is 3. The molecule has 2 saturated heterocycles. The van der Waals surface area contributed by atoms with Crippen molar-refractivity contribution < 1.29 is 81.3 Å². The summed E-state index contributed by atoms with van der Waals surface area (Å²) < 4.78 is 58.9. The number of carbonyl (C=O) groups excluding carboxylic acids is 3. The number of Topliss-reactive ketones (excluding diaryl/α,β-unsaturated/α-hetero) is 1. The Morgan fingerprint density at radius 1 is 0.840 bits per heavy atom. The number of aromatic nitrogens is 2. The van der Waals surface area contributed by atoms with Crippen molar-refractivity contribution in [3.05, 3.63) is 83.5 Å². The lowest BCUT2D eigenvalue weighted by Crippen LogP contribution is -2.51. The molecule has 2 fully saturated rings. The van der Waals surface area contributed by atoms with Gasteiger partial charge < -0.3 is 50.2 Å². The van der Waals surface area contributed by atoms with E-state index in [-0.39, 0.29) is 31.5 Å². The van der Waals surface area contributed by atoms with Gasteiger partial charge in [0, 0.05) is 31.4 Å². The number of phosphoric ester groups is 2. The SMILES string of the molecule is CCCCC/C=C\C/C=C\C/C=C\C/C=C\CCCC(=O)OC[C@@H]1COP(=O)(O)OP(=O)(O)OC[C@H]2O[C@@H](n3ccc(N)nc3=O)[C@@H](CCCCCCC(=O)O1)[C@@H](O)CC(=O)[C@H](/C=C\[C@@H](O)CCCCC)[C@H](O)[C@@H]2O. The Morgan fingerprint density at radius 2 is 1.45 bits per heavy atom. The number of aliphatic hydroxyl groups excluding tert-OH is 4. The highest BCUT2D eigenvalue weighted by Gasteiger charge is 2.45. The number of unbranched alkanes of at least 4 members (excludes halogenated alkanes) is 6. The second kappa shape index (κ2) is 36.2. The van der Waals surface area contributed by atoms with Crippen molar-refractivity contribution in [2.45, 2.75) is 192 Å². The number of allylic oxidation sites excluding steroid dienone is 8. The van der Waals surface area contributed by atoms with Gasteiger partial charge in [-0.25, -0.2) is 13.9 Å². The van der Waals surface area contributed by atoms with E-state index in [1.54, 1.807) is 0 Å². The third-order valence-electron chi connectivity index (χ3n) is 12.5. The van der Waals surface area contributed by atoms with Crippen LogP contribution >= 0.6 is 15.6 Å². The van der Waals surface area contributed by atoms with E-state index in [1.807, 2.05) is 19.1 Å². The minimum atomic E-state index is -5.72. The molecular weight excluding hydrogens is 1020 g/mol. The van der Waals surface area contributed by atoms with E-state index in [0.717, 1.165) is 43.1 Å². The van der Waals surface area contributed by atoms with Crippen molar-refractivity contribution in [1.82, 2.24) is 9.55 Å². The standard InChI is InChI=1S/C52H83N3O18P2/c1-3-5-7-8-9-10-11-12-13-14-15-16-17-18-19-20-25-29-47(59)68-36-40-37-69-74(64,65)73-75(66,67)70-38-45-50(62)49(61)41(32-31-39(56)27-23-6-4-2)43(57)35-44(58)42(28-24-21-22-26-30-48(60)71-40)51(72-45)55-34-33-46(53)54-52(55)63/h9-10,12-13,15-16,18-19,31-34,39-42,44-45,49-51,56,58,61-62H,3-8,11,14,17,20-30,35-38H2,1-2H3,(H,64,65)(H,66,67)(H2,53,54,63)/b10-9-,13-12-,16-15-,19-18-,32-31-/t39-,40+,41-,42-,44-,45+,49-,50+,51+/m0/s1. The molecule has 0 saturated carbocycles. The summed E-state index contributed by atoms with van der Waals surface area (Å²) >= 11 is 0. The van der Waals surface area contributed by atoms with E-state index in [4.69, 9.17) is 29.0 Å². The van der Waals surface area contributed by atoms with Crippen LogP contribution in [0.4, 0.5) is 5.82 Å². The van der Waals surface area contributed by atoms with Gasteiger partial charge in [0.1, 0.15) is 36.6 Å². The van der Waals surface area contributed by atoms with Crippen LogP contribution in [0.5, 0.6) is 0 Å². The fourth-order valence-electron chi connectivity index (χ4n) is 8.27. The summed E-state index contributed by atoms with van der Waals surface area (Å²) in [6, 6.07) is 1.24. The molecule has 2 aliphatic heterocycles. The second-order valence-electron chi connectivity index (χ2n) is 18.8. The Kier molecular flexibility index (Phi) is 31.5. The highest BCUT2D eigenvalue weighted by Crippen LogP contribution is 2.60. The zero-order valence-electron chi connectivity index (χ0n) is 43.5. The van der Waals surface area contributed by atoms with Gasteiger partial charge >= 0.3 is 33.3 Å². The molecule has 2 bridgehead atoms. The average molecular weight is 1100 g/mol. The number of ether oxygens (including phenoxy) is 3. The Hall–Kier alpha value is -3.95. The van der Waals surface area contributed by atoms with Crippen molar-refractivity contribution in [2.24, 2.45) is 11.8 Å². The normalized spacial score (nSPS) is 29.1. The molecule has 0 amide bonds. The van der Waals surface area contributed by atoms with E-state index in [9.17, 15) is 58.5 Å². The van der Waals surface area contributed by atoms with E-state index in [1.165, 1.54) is 43.7 Å². The number of aliphatic hydroxyl groups is 4. The zero-order chi connectivity index (χ0) is 55.1. The summed E-state index contributed by atoms with van der Waals surface area (Å²) in [6.07, 6.45) is 20.2. The lowest BCUT2D eigenvalue weighted by Gasteiger charge is -2.39. The van der Waals surface area contributed by atoms with E-state index < -0.39 is 120 Å². The van der Waals surface area contributed by atoms with E-state index >= 15 is 0 Å². The van der Waals surface area contributed by atoms with Gasteiger partial charge in [-0.1, -0.05) is 126 Å². The molecule has 0 aliphatic carbocycles. The zero-order valence-corrected chi connectivity index (χ0v) is 45.3. The number of ketones is 1. The van der Waals surface area contributed by atoms with Crippen LogP contribution in [-0.2, 0) is 51.1 Å². The van der Waals surface area contributed by atoms with Crippen molar-refractivity contribution in [3.8, 4) is 0 Å². The lowest BCUT2D eigenvalue weighted by atomic mass is 9.83. The number of fused-ring (bicyclic) bond motifs is 3. The van der Waals surface area contributed by atoms with Gasteiger partial charge in [-0.05, 0) is 70.3 Å². The van der Waals surface area contributed by atoms with Gasteiger partial charge in [0.25, 0.3) is 0 Å². The van der Waals surface area contributed by atoms with Crippen LogP contribution in [0.3, 0.4) is 0 Å². The lowest BCUT2D eigenvalue weighted by molar-refractivity contribution is -0.188. The first-order valence-corrected chi connectivity index (χ1v) is 29.4. The first-order valence-electron chi connectivity index (χ1n) is 26.4. The van der Waals surface area contributed by atoms with Gasteiger partial charge in [-0.2, -0.15) is 9.29 Å². The minimum absolute atomic E-state index is 0.00473. The van der Waals surface area contributed by atoms with E-state index in [2.05, 4.69) is 52.7 Å². The van der Waals surface area contributed by atoms with Crippen molar-refractivity contribution in [1.29, 1.82) is 0 Å². The molecule has 0 radical (unpaired) electrons. The number of phosphoric acid groups is 2. The number of nitrogens with zero attached hydrogens (tertiary/aromatic N) is 2. The third kappa shape index (κ3) is 26.8. The number of rotatable bonds is 23. The maximum atomic E-state index is 14.0. The molecule has 0 spiro atoms. The van der Waals surface area contributed by atoms with Crippen LogP contribution in [0.1, 0.15) is 155 Å². The molecule has 8 N–H and O–H groups in total. The van der Waals surface area contributed by atoms with Gasteiger partial charge in [-0.15, -0.1) is 0 Å². The molecule has 1 aromatic rings. The van der Waals surface area contributed by atoms with Gasteiger partial charge in [0.2, 0.25) is 0 Å². The second-order valence-corrected chi connectivity index (χ2v) is 21.8. The Bertz CT molecular complexity index is 2170. The smallest absolute Gasteiger partial charge is 0.462 e. The fraction of sp³-hybridized carbons (Fsp3) is 0.673. The molecule has 0 aromatic carbocycles. The molecule has 2 aliphatic rings. The predicted octanol–water partition coefficient (Wildman–Crippen LogP) is 7.70. The molecule has 3 heterocycles. The van der Waals surface area contributed by atoms with Crippen molar-refractivity contribution in [3.63, 3.8) is 0 Å². The first-order chi connectivity index (χ1) is 35.9. The van der Waals surface area contributed by atoms with E-state index in [0.29, 0.717) is 44.9 Å². The number of hydrogen-bond donors (Lipinski definition) is 7. The Morgan fingerprint density at radius 3 is 2.11 bits per heavy atom. The summed E-state index contributed by atoms with van der Waals surface area (Å²) in [7, 11) is -11.3. The van der Waals surface area contributed by atoms with Gasteiger partial charge in [-0.3, -0.25) is 28.0 Å². The summed E-state index contributed by atoms with van der Waals surface area (Å²) in [4.78, 5) is 78.1. The largest absolute Gasteiger partial charge is 0.481 e. The maximum absolute atomic E-state index is 14.0. The third-order valence-corrected chi connectivity index (χ3v) is 15.1. The predicted molar refractivity (Wildman–Crippen MR) is 280 cm³/mol. The number of anilines is 1. The highest BCUT2D eigenvalue weighted by molar-refractivity contribution is 7.61. The monoisotopic (exact) mass is 1100 g/mol. The number of cyclic esters (lactones) is 1. The minimum Gasteiger partial charge on any atom is -0.462 e. The topological polar surface area (TPSA) is 323 Å². The molecule has 2 unspecified atom stereocenters. The summed E-state index contributed by atoms with van der Waals surface area (Å²) in [6.45, 7) is 1.41. The van der Waals surface area contributed by atoms with Crippen LogP contribution in [-0.4, -0.2) is 114 Å². The number of nitrogens with two attached hydrogens (primary N) is 1. The van der Waals surface area contributed by atoms with Crippen LogP contribution in [0, 0.1) is 11.8 Å². The summed E-state index contributed by atoms with van der Waals surface area (Å²) in [5.41, 5.74) is 4.77. The number of hydrogen-bond acceptors (Lipinski definition) is 18. The molecular formula is C52H83N3O18P2. The number of nitrogen functional groups attached to an aromatic ring is 1. The average Bonchev–Trinajstić information content (AvgIpc) is 3.35. The fourth-order valence-corrected chi connectivity index (χ4v) is 10.4. The summed E-state index contributed by atoms with van der Waals surface area (Å²) in [5, 5.41) is 45.7. The molecule has 23 heteroatoms. The van der Waals surface area contributed by atoms with Crippen LogP contribution in [0.15, 0.2) is 77.8 Å². The molecule has 11 atom stereocenters. The van der Waals surface area contributed by atoms with Crippen molar-refractivity contribution >= 4 is 39.2 Å². The van der Waals surface area contributed by atoms with Gasteiger partial charge in [0.05, 0.1) is 37.4 Å². The van der Waals surface area contributed by atoms with Crippen LogP contribution in [0.2, 0.25) is 0 Å². The molecule has 21 nitrogen and oxygen atoms in total. The van der Waals surface area contributed by atoms with Crippen molar-refractivity contribution in [2.75, 3.05) is 25.6 Å². The Balaban J connectivity index is 1.75. The molecule has 424 valence electrons. The number of esters is 2. The van der Waals surface area contributed by atoms with Crippen LogP contribution < -0.4 is 11.4 Å². The highest BCUT2D eigenvalue weighted by atomic mass is 31.3. The molecule has 1 aromatic heterocycles. The first kappa shape index (κ1) is 65.3. The summed E-state index contributed by atoms with van der Waals surface area (Å²) in [5.74, 6) is -5.11. The molecule has 75 heavy (non-hydrogen) atoms. The maximum Gasteiger partial charge on any atom is 0.481 e. The van der Waals surface area contributed by atoms with Gasteiger partial charge in [0.15, 0.2) is 6.10 Å².